The Morgan fingerprint density at radius 2 is 1.50 bits per heavy atom. The lowest BCUT2D eigenvalue weighted by Crippen LogP contribution is -2.51. The summed E-state index contributed by atoms with van der Waals surface area (Å²) >= 11 is 0. The summed E-state index contributed by atoms with van der Waals surface area (Å²) in [4.78, 5) is 0. The van der Waals surface area contributed by atoms with Crippen LogP contribution in [-0.2, 0) is 8.85 Å². The van der Waals surface area contributed by atoms with Crippen molar-refractivity contribution in [1.82, 2.24) is 0 Å². The van der Waals surface area contributed by atoms with Gasteiger partial charge in [0.15, 0.2) is 0 Å². The molecule has 0 saturated heterocycles. The summed E-state index contributed by atoms with van der Waals surface area (Å²) in [5.41, 5.74) is 0.738. The molecule has 1 rings (SSSR count). The van der Waals surface area contributed by atoms with Crippen molar-refractivity contribution in [2.45, 2.75) is 58.0 Å². The highest BCUT2D eigenvalue weighted by Crippen LogP contribution is 2.56. The number of rotatable bonds is 5. The van der Waals surface area contributed by atoms with Crippen molar-refractivity contribution < 1.29 is 8.85 Å². The van der Waals surface area contributed by atoms with E-state index in [-0.39, 0.29) is 5.04 Å². The van der Waals surface area contributed by atoms with Gasteiger partial charge in [0.2, 0.25) is 0 Å². The van der Waals surface area contributed by atoms with Crippen LogP contribution in [0, 0.1) is 0 Å². The van der Waals surface area contributed by atoms with Crippen molar-refractivity contribution in [3.8, 4) is 0 Å². The van der Waals surface area contributed by atoms with Crippen molar-refractivity contribution in [1.29, 1.82) is 0 Å². The summed E-state index contributed by atoms with van der Waals surface area (Å²) in [6.07, 6.45) is 2.62. The molecule has 0 heterocycles. The summed E-state index contributed by atoms with van der Waals surface area (Å²) in [6.45, 7) is 12.5. The van der Waals surface area contributed by atoms with Crippen LogP contribution in [0.15, 0.2) is 0 Å². The second-order valence-corrected chi connectivity index (χ2v) is 9.29. The molecule has 0 aromatic heterocycles. The molecule has 2 nitrogen and oxygen atoms in total. The van der Waals surface area contributed by atoms with Crippen LogP contribution in [0.3, 0.4) is 0 Å². The second-order valence-electron chi connectivity index (χ2n) is 5.06. The molecule has 1 fully saturated rings. The Labute approximate surface area is 89.2 Å². The molecule has 0 spiro atoms. The van der Waals surface area contributed by atoms with Crippen LogP contribution in [0.4, 0.5) is 0 Å². The van der Waals surface area contributed by atoms with Gasteiger partial charge in [-0.3, -0.25) is 0 Å². The maximum atomic E-state index is 6.08. The summed E-state index contributed by atoms with van der Waals surface area (Å²) in [7, 11) is -1.96. The summed E-state index contributed by atoms with van der Waals surface area (Å²) in [5.74, 6) is 0. The van der Waals surface area contributed by atoms with Crippen LogP contribution in [0.1, 0.15) is 47.5 Å². The fourth-order valence-corrected chi connectivity index (χ4v) is 6.64. The molecule has 0 N–H and O–H groups in total. The first kappa shape index (κ1) is 12.2. The molecule has 84 valence electrons. The van der Waals surface area contributed by atoms with Gasteiger partial charge in [-0.25, -0.2) is 0 Å². The minimum Gasteiger partial charge on any atom is -0.394 e. The van der Waals surface area contributed by atoms with Gasteiger partial charge in [-0.05, 0) is 26.7 Å². The molecule has 0 amide bonds. The lowest BCUT2D eigenvalue weighted by Gasteiger charge is -2.40. The van der Waals surface area contributed by atoms with Gasteiger partial charge in [0, 0.05) is 23.8 Å². The van der Waals surface area contributed by atoms with Gasteiger partial charge in [-0.15, -0.1) is 0 Å². The lowest BCUT2D eigenvalue weighted by atomic mass is 10.2. The van der Waals surface area contributed by atoms with Crippen molar-refractivity contribution in [2.75, 3.05) is 13.2 Å². The van der Waals surface area contributed by atoms with Crippen LogP contribution >= 0.6 is 0 Å². The maximum Gasteiger partial charge on any atom is 0.346 e. The van der Waals surface area contributed by atoms with Crippen molar-refractivity contribution in [2.24, 2.45) is 0 Å². The van der Waals surface area contributed by atoms with E-state index in [1.54, 1.807) is 0 Å². The maximum absolute atomic E-state index is 6.08. The monoisotopic (exact) mass is 216 g/mol. The lowest BCUT2D eigenvalue weighted by molar-refractivity contribution is 0.158. The third kappa shape index (κ3) is 2.20. The summed E-state index contributed by atoms with van der Waals surface area (Å²) in [6, 6.07) is 0. The molecule has 0 atom stereocenters. The molecule has 0 aromatic carbocycles. The highest BCUT2D eigenvalue weighted by Gasteiger charge is 2.59. The Morgan fingerprint density at radius 3 is 1.71 bits per heavy atom. The smallest absolute Gasteiger partial charge is 0.346 e. The molecule has 1 aliphatic carbocycles. The molecular weight excluding hydrogens is 192 g/mol. The average molecular weight is 216 g/mol. The average Bonchev–Trinajstić information content (AvgIpc) is 2.84. The Balaban J connectivity index is 2.83. The molecule has 0 bridgehead atoms. The zero-order valence-electron chi connectivity index (χ0n) is 10.2. The van der Waals surface area contributed by atoms with E-state index in [4.69, 9.17) is 8.85 Å². The highest BCUT2D eigenvalue weighted by molar-refractivity contribution is 6.72. The Kier molecular flexibility index (Phi) is 3.78. The fraction of sp³-hybridized carbons (Fsp3) is 1.00. The normalized spacial score (nSPS) is 18.6. The molecule has 1 aliphatic rings. The SMILES string of the molecule is CCO[Si](OCC)(C1CC1)C(C)(C)C. The predicted octanol–water partition coefficient (Wildman–Crippen LogP) is 3.47. The first-order chi connectivity index (χ1) is 6.48. The van der Waals surface area contributed by atoms with Crippen molar-refractivity contribution >= 4 is 8.56 Å². The summed E-state index contributed by atoms with van der Waals surface area (Å²) in [5, 5.41) is 0.195. The van der Waals surface area contributed by atoms with Crippen LogP contribution in [0.5, 0.6) is 0 Å². The first-order valence-electron chi connectivity index (χ1n) is 5.75. The minimum absolute atomic E-state index is 0.195. The zero-order chi connectivity index (χ0) is 10.8. The quantitative estimate of drug-likeness (QED) is 0.655. The van der Waals surface area contributed by atoms with Crippen molar-refractivity contribution in [3.63, 3.8) is 0 Å². The van der Waals surface area contributed by atoms with E-state index in [0.29, 0.717) is 0 Å². The van der Waals surface area contributed by atoms with Crippen molar-refractivity contribution in [3.05, 3.63) is 0 Å². The first-order valence-corrected chi connectivity index (χ1v) is 7.65. The Morgan fingerprint density at radius 1 is 1.07 bits per heavy atom. The Bertz CT molecular complexity index is 176. The van der Waals surface area contributed by atoms with Crippen LogP contribution in [0.25, 0.3) is 0 Å². The van der Waals surface area contributed by atoms with Gasteiger partial charge in [0.1, 0.15) is 0 Å². The largest absolute Gasteiger partial charge is 0.394 e. The predicted molar refractivity (Wildman–Crippen MR) is 61.7 cm³/mol. The minimum atomic E-state index is -1.96. The topological polar surface area (TPSA) is 18.5 Å². The summed E-state index contributed by atoms with van der Waals surface area (Å²) < 4.78 is 12.2. The molecule has 1 saturated carbocycles. The molecule has 0 aromatic rings. The van der Waals surface area contributed by atoms with Gasteiger partial charge < -0.3 is 8.85 Å². The second kappa shape index (κ2) is 4.33. The molecule has 0 unspecified atom stereocenters. The van der Waals surface area contributed by atoms with E-state index >= 15 is 0 Å². The van der Waals surface area contributed by atoms with Crippen LogP contribution in [-0.4, -0.2) is 21.8 Å². The van der Waals surface area contributed by atoms with E-state index in [1.807, 2.05) is 0 Å². The highest BCUT2D eigenvalue weighted by atomic mass is 28.4. The van der Waals surface area contributed by atoms with Gasteiger partial charge in [0.25, 0.3) is 0 Å². The van der Waals surface area contributed by atoms with E-state index in [2.05, 4.69) is 34.6 Å². The fourth-order valence-electron chi connectivity index (χ4n) is 2.21. The van der Waals surface area contributed by atoms with E-state index in [9.17, 15) is 0 Å². The Hall–Kier alpha value is 0.137. The van der Waals surface area contributed by atoms with Gasteiger partial charge in [0.05, 0.1) is 0 Å². The van der Waals surface area contributed by atoms with Gasteiger partial charge in [-0.2, -0.15) is 0 Å². The number of hydrogen-bond donors (Lipinski definition) is 0. The van der Waals surface area contributed by atoms with Gasteiger partial charge in [-0.1, -0.05) is 20.8 Å². The van der Waals surface area contributed by atoms with E-state index < -0.39 is 8.56 Å². The van der Waals surface area contributed by atoms with Crippen LogP contribution in [0.2, 0.25) is 10.6 Å². The number of hydrogen-bond acceptors (Lipinski definition) is 2. The van der Waals surface area contributed by atoms with Crippen LogP contribution < -0.4 is 0 Å². The van der Waals surface area contributed by atoms with E-state index in [0.717, 1.165) is 18.8 Å². The molecule has 14 heavy (non-hydrogen) atoms. The molecule has 0 radical (unpaired) electrons. The molecular formula is C11H24O2Si. The molecule has 0 aliphatic heterocycles. The van der Waals surface area contributed by atoms with E-state index in [1.165, 1.54) is 12.8 Å². The molecule has 3 heteroatoms. The third-order valence-electron chi connectivity index (χ3n) is 2.88. The standard InChI is InChI=1S/C11H24O2Si/c1-6-12-14(13-7-2,10-8-9-10)11(3,4)5/h10H,6-9H2,1-5H3. The third-order valence-corrected chi connectivity index (χ3v) is 8.06. The van der Waals surface area contributed by atoms with Gasteiger partial charge >= 0.3 is 8.56 Å². The zero-order valence-corrected chi connectivity index (χ0v) is 11.2.